The van der Waals surface area contributed by atoms with Crippen molar-refractivity contribution in [3.63, 3.8) is 0 Å². The van der Waals surface area contributed by atoms with Gasteiger partial charge in [-0.15, -0.1) is 0 Å². The predicted octanol–water partition coefficient (Wildman–Crippen LogP) is 3.13. The van der Waals surface area contributed by atoms with E-state index in [9.17, 15) is 4.79 Å². The second kappa shape index (κ2) is 4.77. The van der Waals surface area contributed by atoms with Gasteiger partial charge in [-0.3, -0.25) is 4.79 Å². The van der Waals surface area contributed by atoms with Crippen LogP contribution in [0.3, 0.4) is 0 Å². The largest absolute Gasteiger partial charge is 0.489 e. The van der Waals surface area contributed by atoms with Gasteiger partial charge >= 0.3 is 5.97 Å². The summed E-state index contributed by atoms with van der Waals surface area (Å²) < 4.78 is 11.5. The highest BCUT2D eigenvalue weighted by Crippen LogP contribution is 2.58. The Morgan fingerprint density at radius 2 is 2.14 bits per heavy atom. The van der Waals surface area contributed by atoms with Crippen molar-refractivity contribution < 1.29 is 19.4 Å². The molecule has 1 aliphatic carbocycles. The van der Waals surface area contributed by atoms with Gasteiger partial charge in [-0.1, -0.05) is 24.3 Å². The number of carboxylic acid groups (broad SMARTS) is 1. The minimum absolute atomic E-state index is 0.0271. The van der Waals surface area contributed by atoms with Crippen LogP contribution in [0.25, 0.3) is 0 Å². The quantitative estimate of drug-likeness (QED) is 0.941. The highest BCUT2D eigenvalue weighted by molar-refractivity contribution is 5.79. The van der Waals surface area contributed by atoms with Gasteiger partial charge in [0.15, 0.2) is 0 Å². The summed E-state index contributed by atoms with van der Waals surface area (Å²) in [6.07, 6.45) is -0.180. The van der Waals surface area contributed by atoms with Crippen molar-refractivity contribution >= 4 is 5.97 Å². The Hall–Kier alpha value is -2.49. The monoisotopic (exact) mass is 296 g/mol. The molecule has 3 atom stereocenters. The molecule has 1 heterocycles. The summed E-state index contributed by atoms with van der Waals surface area (Å²) in [5, 5.41) is 9.07. The van der Waals surface area contributed by atoms with Crippen molar-refractivity contribution in [3.05, 3.63) is 59.2 Å². The van der Waals surface area contributed by atoms with E-state index in [4.69, 9.17) is 14.6 Å². The molecule has 4 nitrogen and oxygen atoms in total. The smallest absolute Gasteiger partial charge is 0.311 e. The average molecular weight is 296 g/mol. The van der Waals surface area contributed by atoms with Crippen molar-refractivity contribution in [2.24, 2.45) is 5.92 Å². The molecule has 4 rings (SSSR count). The summed E-state index contributed by atoms with van der Waals surface area (Å²) in [6.45, 7) is 2.50. The zero-order valence-electron chi connectivity index (χ0n) is 12.2. The number of rotatable bonds is 4. The first-order valence-electron chi connectivity index (χ1n) is 7.35. The van der Waals surface area contributed by atoms with Crippen LogP contribution < -0.4 is 9.47 Å². The molecule has 1 aliphatic heterocycles. The van der Waals surface area contributed by atoms with Crippen LogP contribution >= 0.6 is 0 Å². The predicted molar refractivity (Wildman–Crippen MR) is 80.2 cm³/mol. The number of aryl methyl sites for hydroxylation is 1. The lowest BCUT2D eigenvalue weighted by Gasteiger charge is -2.10. The van der Waals surface area contributed by atoms with Gasteiger partial charge in [0, 0.05) is 11.5 Å². The number of benzene rings is 2. The van der Waals surface area contributed by atoms with Gasteiger partial charge in [0.05, 0.1) is 0 Å². The van der Waals surface area contributed by atoms with E-state index in [1.807, 2.05) is 49.4 Å². The molecule has 2 aliphatic rings. The van der Waals surface area contributed by atoms with Gasteiger partial charge in [0.2, 0.25) is 0 Å². The minimum Gasteiger partial charge on any atom is -0.489 e. The Labute approximate surface area is 128 Å². The van der Waals surface area contributed by atoms with E-state index in [0.717, 1.165) is 28.2 Å². The van der Waals surface area contributed by atoms with Gasteiger partial charge in [-0.2, -0.15) is 0 Å². The fourth-order valence-electron chi connectivity index (χ4n) is 3.16. The summed E-state index contributed by atoms with van der Waals surface area (Å²) >= 11 is 0. The van der Waals surface area contributed by atoms with Crippen molar-refractivity contribution in [2.45, 2.75) is 25.6 Å². The molecule has 0 spiro atoms. The molecular weight excluding hydrogens is 280 g/mol. The zero-order valence-corrected chi connectivity index (χ0v) is 12.2. The summed E-state index contributed by atoms with van der Waals surface area (Å²) in [7, 11) is 0. The molecule has 1 N–H and O–H groups in total. The number of hydrogen-bond donors (Lipinski definition) is 1. The molecule has 0 amide bonds. The van der Waals surface area contributed by atoms with Crippen molar-refractivity contribution in [3.8, 4) is 11.5 Å². The number of carboxylic acids is 1. The van der Waals surface area contributed by atoms with Gasteiger partial charge in [0.25, 0.3) is 0 Å². The third-order valence-electron chi connectivity index (χ3n) is 4.33. The maximum atomic E-state index is 11.0. The average Bonchev–Trinajstić information content (AvgIpc) is 3.09. The molecule has 1 fully saturated rings. The molecule has 0 radical (unpaired) electrons. The van der Waals surface area contributed by atoms with E-state index in [1.165, 1.54) is 0 Å². The topological polar surface area (TPSA) is 55.8 Å². The van der Waals surface area contributed by atoms with E-state index in [-0.39, 0.29) is 17.9 Å². The Morgan fingerprint density at radius 1 is 1.27 bits per heavy atom. The molecule has 1 saturated carbocycles. The standard InChI is InChI=1S/C18H16O4/c1-10-3-2-4-12(7-10)21-9-11-5-6-13-14(8-11)22-17-15(13)16(17)18(19)20/h2-8,15-17H,9H2,1H3,(H,19,20)/t15-,16-,17-/m1/s1. The zero-order chi connectivity index (χ0) is 15.3. The summed E-state index contributed by atoms with van der Waals surface area (Å²) in [4.78, 5) is 11.0. The summed E-state index contributed by atoms with van der Waals surface area (Å²) in [6, 6.07) is 13.8. The first kappa shape index (κ1) is 13.2. The number of fused-ring (bicyclic) bond motifs is 3. The van der Waals surface area contributed by atoms with Crippen LogP contribution in [0.5, 0.6) is 11.5 Å². The molecule has 4 heteroatoms. The fourth-order valence-corrected chi connectivity index (χ4v) is 3.16. The van der Waals surface area contributed by atoms with E-state index >= 15 is 0 Å². The second-order valence-electron chi connectivity index (χ2n) is 5.95. The maximum Gasteiger partial charge on any atom is 0.311 e. The normalized spacial score (nSPS) is 24.1. The van der Waals surface area contributed by atoms with Gasteiger partial charge in [-0.05, 0) is 36.2 Å². The number of carbonyl (C=O) groups is 1. The van der Waals surface area contributed by atoms with Crippen LogP contribution in [-0.2, 0) is 11.4 Å². The van der Waals surface area contributed by atoms with Crippen LogP contribution in [0, 0.1) is 12.8 Å². The lowest BCUT2D eigenvalue weighted by Crippen LogP contribution is -2.08. The first-order chi connectivity index (χ1) is 10.6. The van der Waals surface area contributed by atoms with Crippen LogP contribution in [0.4, 0.5) is 0 Å². The molecule has 0 unspecified atom stereocenters. The number of hydrogen-bond acceptors (Lipinski definition) is 3. The highest BCUT2D eigenvalue weighted by Gasteiger charge is 2.62. The SMILES string of the molecule is Cc1cccc(OCc2ccc3c(c2)O[C@H]2[C@H](C(=O)O)[C@@H]32)c1. The maximum absolute atomic E-state index is 11.0. The molecular formula is C18H16O4. The molecule has 0 aromatic heterocycles. The molecule has 0 saturated heterocycles. The van der Waals surface area contributed by atoms with Crippen molar-refractivity contribution in [2.75, 3.05) is 0 Å². The summed E-state index contributed by atoms with van der Waals surface area (Å²) in [5.74, 6) is 0.529. The lowest BCUT2D eigenvalue weighted by atomic mass is 10.1. The minimum atomic E-state index is -0.771. The first-order valence-corrected chi connectivity index (χ1v) is 7.35. The fraction of sp³-hybridized carbons (Fsp3) is 0.278. The van der Waals surface area contributed by atoms with Crippen molar-refractivity contribution in [1.82, 2.24) is 0 Å². The molecule has 112 valence electrons. The molecule has 22 heavy (non-hydrogen) atoms. The summed E-state index contributed by atoms with van der Waals surface area (Å²) in [5.41, 5.74) is 3.19. The van der Waals surface area contributed by atoms with E-state index in [0.29, 0.717) is 6.61 Å². The third-order valence-corrected chi connectivity index (χ3v) is 4.33. The molecule has 2 aromatic rings. The Kier molecular flexibility index (Phi) is 2.86. The van der Waals surface area contributed by atoms with Gasteiger partial charge in [0.1, 0.15) is 30.1 Å². The van der Waals surface area contributed by atoms with E-state index < -0.39 is 5.97 Å². The Balaban J connectivity index is 1.46. The molecule has 2 aromatic carbocycles. The number of ether oxygens (including phenoxy) is 2. The van der Waals surface area contributed by atoms with E-state index in [1.54, 1.807) is 0 Å². The Bertz CT molecular complexity index is 753. The highest BCUT2D eigenvalue weighted by atomic mass is 16.5. The van der Waals surface area contributed by atoms with Crippen LogP contribution in [0.2, 0.25) is 0 Å². The third kappa shape index (κ3) is 2.11. The molecule has 0 bridgehead atoms. The van der Waals surface area contributed by atoms with Gasteiger partial charge < -0.3 is 14.6 Å². The van der Waals surface area contributed by atoms with Crippen LogP contribution in [0.1, 0.15) is 22.6 Å². The lowest BCUT2D eigenvalue weighted by molar-refractivity contribution is -0.139. The van der Waals surface area contributed by atoms with Crippen LogP contribution in [-0.4, -0.2) is 17.2 Å². The van der Waals surface area contributed by atoms with Crippen LogP contribution in [0.15, 0.2) is 42.5 Å². The Morgan fingerprint density at radius 3 is 2.91 bits per heavy atom. The number of aliphatic carboxylic acids is 1. The van der Waals surface area contributed by atoms with E-state index in [2.05, 4.69) is 0 Å². The second-order valence-corrected chi connectivity index (χ2v) is 5.95. The van der Waals surface area contributed by atoms with Gasteiger partial charge in [-0.25, -0.2) is 0 Å². The van der Waals surface area contributed by atoms with Crippen molar-refractivity contribution in [1.29, 1.82) is 0 Å².